The van der Waals surface area contributed by atoms with Gasteiger partial charge in [0.1, 0.15) is 16.5 Å². The predicted molar refractivity (Wildman–Crippen MR) is 94.6 cm³/mol. The third-order valence-corrected chi connectivity index (χ3v) is 6.05. The molecule has 0 aliphatic carbocycles. The van der Waals surface area contributed by atoms with Crippen LogP contribution in [0.2, 0.25) is 0 Å². The Morgan fingerprint density at radius 1 is 1.44 bits per heavy atom. The number of aryl methyl sites for hydroxylation is 1. The Hall–Kier alpha value is -1.99. The van der Waals surface area contributed by atoms with E-state index in [-0.39, 0.29) is 17.7 Å². The van der Waals surface area contributed by atoms with Gasteiger partial charge in [0.15, 0.2) is 6.04 Å². The van der Waals surface area contributed by atoms with Crippen molar-refractivity contribution in [1.29, 1.82) is 0 Å². The first kappa shape index (κ1) is 16.5. The van der Waals surface area contributed by atoms with E-state index in [2.05, 4.69) is 17.0 Å². The molecule has 7 heteroatoms. The molecule has 1 unspecified atom stereocenters. The van der Waals surface area contributed by atoms with Crippen molar-refractivity contribution in [1.82, 2.24) is 14.6 Å². The zero-order valence-electron chi connectivity index (χ0n) is 14.4. The number of hydrogen-bond donors (Lipinski definition) is 2. The molecule has 3 aromatic rings. The second kappa shape index (κ2) is 6.38. The van der Waals surface area contributed by atoms with E-state index >= 15 is 0 Å². The summed E-state index contributed by atoms with van der Waals surface area (Å²) in [5, 5.41) is 15.0. The Labute approximate surface area is 149 Å². The van der Waals surface area contributed by atoms with Crippen molar-refractivity contribution < 1.29 is 14.4 Å². The predicted octanol–water partition coefficient (Wildman–Crippen LogP) is 2.35. The maximum atomic E-state index is 13.9. The number of halogens is 1. The summed E-state index contributed by atoms with van der Waals surface area (Å²) in [5.41, 5.74) is 0.889. The van der Waals surface area contributed by atoms with E-state index in [1.54, 1.807) is 19.1 Å². The molecule has 1 aliphatic heterocycles. The maximum Gasteiger partial charge on any atom is 0.235 e. The lowest BCUT2D eigenvalue weighted by atomic mass is 9.95. The van der Waals surface area contributed by atoms with Crippen LogP contribution in [0, 0.1) is 18.7 Å². The molecule has 3 heterocycles. The quantitative estimate of drug-likeness (QED) is 0.753. The van der Waals surface area contributed by atoms with Crippen molar-refractivity contribution in [3.05, 3.63) is 46.3 Å². The van der Waals surface area contributed by atoms with Gasteiger partial charge in [-0.2, -0.15) is 4.52 Å². The second-order valence-corrected chi connectivity index (χ2v) is 8.00. The van der Waals surface area contributed by atoms with Gasteiger partial charge in [-0.25, -0.2) is 9.37 Å². The molecule has 132 valence electrons. The van der Waals surface area contributed by atoms with Crippen LogP contribution in [-0.4, -0.2) is 32.8 Å². The van der Waals surface area contributed by atoms with Crippen LogP contribution in [0.25, 0.3) is 4.96 Å². The summed E-state index contributed by atoms with van der Waals surface area (Å²) in [7, 11) is 0. The summed E-state index contributed by atoms with van der Waals surface area (Å²) >= 11 is 1.44. The number of quaternary nitrogens is 1. The maximum absolute atomic E-state index is 13.9. The molecular formula is C18H22FN4OS+. The van der Waals surface area contributed by atoms with Gasteiger partial charge in [0, 0.05) is 11.5 Å². The van der Waals surface area contributed by atoms with Gasteiger partial charge < -0.3 is 10.0 Å². The van der Waals surface area contributed by atoms with E-state index in [1.165, 1.54) is 33.2 Å². The highest BCUT2D eigenvalue weighted by Gasteiger charge is 2.35. The van der Waals surface area contributed by atoms with Crippen LogP contribution >= 0.6 is 11.3 Å². The molecule has 0 radical (unpaired) electrons. The molecule has 1 saturated heterocycles. The minimum atomic E-state index is -0.248. The highest BCUT2D eigenvalue weighted by molar-refractivity contribution is 7.17. The molecular weight excluding hydrogens is 339 g/mol. The first-order chi connectivity index (χ1) is 12.0. The molecule has 1 aromatic carbocycles. The Morgan fingerprint density at radius 3 is 3.00 bits per heavy atom. The number of nitrogens with one attached hydrogen (secondary N) is 1. The summed E-state index contributed by atoms with van der Waals surface area (Å²) < 4.78 is 15.4. The average molecular weight is 361 g/mol. The summed E-state index contributed by atoms with van der Waals surface area (Å²) in [5.74, 6) is 1.13. The van der Waals surface area contributed by atoms with Crippen LogP contribution in [0.3, 0.4) is 0 Å². The molecule has 25 heavy (non-hydrogen) atoms. The largest absolute Gasteiger partial charge is 0.492 e. The van der Waals surface area contributed by atoms with Crippen molar-refractivity contribution in [2.45, 2.75) is 32.7 Å². The van der Waals surface area contributed by atoms with E-state index in [9.17, 15) is 9.50 Å². The molecule has 3 atom stereocenters. The molecule has 4 rings (SSSR count). The van der Waals surface area contributed by atoms with E-state index < -0.39 is 0 Å². The van der Waals surface area contributed by atoms with Gasteiger partial charge in [0.25, 0.3) is 0 Å². The van der Waals surface area contributed by atoms with Gasteiger partial charge in [-0.1, -0.05) is 30.4 Å². The van der Waals surface area contributed by atoms with Crippen molar-refractivity contribution in [3.8, 4) is 5.88 Å². The number of nitrogens with zero attached hydrogens (tertiary/aromatic N) is 3. The number of hydrogen-bond acceptors (Lipinski definition) is 4. The van der Waals surface area contributed by atoms with Crippen LogP contribution in [-0.2, 0) is 0 Å². The normalized spacial score (nSPS) is 22.4. The number of rotatable bonds is 3. The number of benzene rings is 1. The van der Waals surface area contributed by atoms with E-state index in [4.69, 9.17) is 0 Å². The van der Waals surface area contributed by atoms with Gasteiger partial charge in [0.05, 0.1) is 13.1 Å². The van der Waals surface area contributed by atoms with Gasteiger partial charge in [-0.15, -0.1) is 5.10 Å². The van der Waals surface area contributed by atoms with Gasteiger partial charge >= 0.3 is 0 Å². The average Bonchev–Trinajstić information content (AvgIpc) is 3.06. The Bertz CT molecular complexity index is 906. The summed E-state index contributed by atoms with van der Waals surface area (Å²) in [6.45, 7) is 6.08. The minimum absolute atomic E-state index is 0.104. The van der Waals surface area contributed by atoms with Gasteiger partial charge in [0.2, 0.25) is 10.8 Å². The molecule has 1 fully saturated rings. The molecule has 2 aromatic heterocycles. The van der Waals surface area contributed by atoms with Gasteiger partial charge in [-0.3, -0.25) is 0 Å². The third kappa shape index (κ3) is 3.02. The highest BCUT2D eigenvalue weighted by atomic mass is 32.1. The monoisotopic (exact) mass is 361 g/mol. The smallest absolute Gasteiger partial charge is 0.235 e. The Kier molecular flexibility index (Phi) is 4.21. The lowest BCUT2D eigenvalue weighted by molar-refractivity contribution is -0.933. The molecule has 2 N–H and O–H groups in total. The third-order valence-electron chi connectivity index (χ3n) is 4.96. The summed E-state index contributed by atoms with van der Waals surface area (Å²) in [6.07, 6.45) is 2.36. The number of fused-ring (bicyclic) bond motifs is 1. The Balaban J connectivity index is 1.83. The number of thiazole rings is 1. The molecule has 0 amide bonds. The van der Waals surface area contributed by atoms with Crippen LogP contribution in [0.4, 0.5) is 4.39 Å². The van der Waals surface area contributed by atoms with Crippen LogP contribution in [0.1, 0.15) is 42.1 Å². The molecule has 5 nitrogen and oxygen atoms in total. The fourth-order valence-corrected chi connectivity index (χ4v) is 5.07. The van der Waals surface area contributed by atoms with Crippen molar-refractivity contribution in [3.63, 3.8) is 0 Å². The summed E-state index contributed by atoms with van der Waals surface area (Å²) in [4.78, 5) is 7.22. The number of aromatic nitrogens is 3. The molecule has 0 spiro atoms. The van der Waals surface area contributed by atoms with Crippen molar-refractivity contribution in [2.75, 3.05) is 13.1 Å². The topological polar surface area (TPSA) is 54.9 Å². The molecule has 1 aliphatic rings. The first-order valence-electron chi connectivity index (χ1n) is 8.68. The first-order valence-corrected chi connectivity index (χ1v) is 9.49. The number of likely N-dealkylation sites (tertiary alicyclic amines) is 1. The van der Waals surface area contributed by atoms with Crippen molar-refractivity contribution in [2.24, 2.45) is 5.92 Å². The van der Waals surface area contributed by atoms with Crippen LogP contribution < -0.4 is 4.90 Å². The van der Waals surface area contributed by atoms with Crippen LogP contribution in [0.15, 0.2) is 24.3 Å². The molecule has 0 saturated carbocycles. The highest BCUT2D eigenvalue weighted by Crippen LogP contribution is 2.35. The van der Waals surface area contributed by atoms with Gasteiger partial charge in [-0.05, 0) is 31.9 Å². The number of aromatic hydroxyl groups is 1. The fourth-order valence-electron chi connectivity index (χ4n) is 3.89. The molecule has 0 bridgehead atoms. The second-order valence-electron chi connectivity index (χ2n) is 6.99. The van der Waals surface area contributed by atoms with E-state index in [0.717, 1.165) is 30.0 Å². The lowest BCUT2D eigenvalue weighted by Crippen LogP contribution is -3.13. The number of piperidine rings is 1. The fraction of sp³-hybridized carbons (Fsp3) is 0.444. The Morgan fingerprint density at radius 2 is 2.28 bits per heavy atom. The van der Waals surface area contributed by atoms with E-state index in [0.29, 0.717) is 16.7 Å². The lowest BCUT2D eigenvalue weighted by Gasteiger charge is -2.34. The zero-order valence-corrected chi connectivity index (χ0v) is 15.2. The summed E-state index contributed by atoms with van der Waals surface area (Å²) in [6, 6.07) is 6.62. The SMILES string of the molecule is Cc1nc2sc([C@@H](c3cccc(F)c3)[NH+]3CCC[C@H](C)C3)c(O)n2n1. The standard InChI is InChI=1S/C18H21FN4OS/c1-11-5-4-8-22(10-11)15(13-6-3-7-14(19)9-13)16-17(24)23-18(25-16)20-12(2)21-23/h3,6-7,9,11,15,24H,4-5,8,10H2,1-2H3/p+1/t11-,15+/m0/s1. The minimum Gasteiger partial charge on any atom is -0.492 e. The zero-order chi connectivity index (χ0) is 17.6. The van der Waals surface area contributed by atoms with E-state index in [1.807, 2.05) is 6.07 Å². The van der Waals surface area contributed by atoms with Crippen LogP contribution in [0.5, 0.6) is 5.88 Å². The van der Waals surface area contributed by atoms with Crippen molar-refractivity contribution >= 4 is 16.3 Å².